The lowest BCUT2D eigenvalue weighted by Crippen LogP contribution is -2.44. The summed E-state index contributed by atoms with van der Waals surface area (Å²) in [7, 11) is 1.43. The Bertz CT molecular complexity index is 1020. The van der Waals surface area contributed by atoms with Gasteiger partial charge in [-0.15, -0.1) is 0 Å². The summed E-state index contributed by atoms with van der Waals surface area (Å²) in [5, 5.41) is 0.698. The van der Waals surface area contributed by atoms with Crippen molar-refractivity contribution in [3.8, 4) is 11.1 Å². The van der Waals surface area contributed by atoms with Crippen LogP contribution in [0.1, 0.15) is 61.6 Å². The van der Waals surface area contributed by atoms with Crippen LogP contribution < -0.4 is 0 Å². The van der Waals surface area contributed by atoms with Gasteiger partial charge in [-0.3, -0.25) is 9.59 Å². The van der Waals surface area contributed by atoms with Crippen LogP contribution in [0.5, 0.6) is 0 Å². The van der Waals surface area contributed by atoms with E-state index in [4.69, 9.17) is 21.1 Å². The van der Waals surface area contributed by atoms with E-state index in [-0.39, 0.29) is 23.8 Å². The quantitative estimate of drug-likeness (QED) is 0.460. The number of esters is 1. The smallest absolute Gasteiger partial charge is 0.312 e. The van der Waals surface area contributed by atoms with Crippen LogP contribution in [-0.4, -0.2) is 31.1 Å². The summed E-state index contributed by atoms with van der Waals surface area (Å²) in [5.74, 6) is -0.171. The molecule has 1 spiro atoms. The van der Waals surface area contributed by atoms with E-state index in [0.29, 0.717) is 24.3 Å². The van der Waals surface area contributed by atoms with Gasteiger partial charge in [0.15, 0.2) is 0 Å². The average molecular weight is 469 g/mol. The van der Waals surface area contributed by atoms with Crippen molar-refractivity contribution in [1.82, 2.24) is 0 Å². The van der Waals surface area contributed by atoms with Crippen LogP contribution in [0.2, 0.25) is 5.02 Å². The molecule has 2 aliphatic rings. The number of carbonyl (C=O) groups excluding carboxylic acids is 2. The van der Waals surface area contributed by atoms with Gasteiger partial charge in [0.1, 0.15) is 5.78 Å². The second-order valence-electron chi connectivity index (χ2n) is 9.84. The van der Waals surface area contributed by atoms with Crippen molar-refractivity contribution in [3.05, 3.63) is 58.1 Å². The third-order valence-electron chi connectivity index (χ3n) is 7.82. The number of rotatable bonds is 6. The molecular weight excluding hydrogens is 436 g/mol. The van der Waals surface area contributed by atoms with Gasteiger partial charge in [-0.25, -0.2) is 0 Å². The number of ketones is 1. The van der Waals surface area contributed by atoms with E-state index in [1.54, 1.807) is 0 Å². The number of carbonyl (C=O) groups is 2. The summed E-state index contributed by atoms with van der Waals surface area (Å²) in [6.07, 6.45) is 5.60. The minimum atomic E-state index is -0.737. The summed E-state index contributed by atoms with van der Waals surface area (Å²) in [6.45, 7) is 4.91. The Hall–Kier alpha value is -2.17. The highest BCUT2D eigenvalue weighted by Crippen LogP contribution is 2.49. The van der Waals surface area contributed by atoms with Gasteiger partial charge in [0.25, 0.3) is 0 Å². The molecule has 4 rings (SSSR count). The van der Waals surface area contributed by atoms with E-state index in [1.807, 2.05) is 31.2 Å². The highest BCUT2D eigenvalue weighted by atomic mass is 35.5. The first-order valence-corrected chi connectivity index (χ1v) is 12.2. The lowest BCUT2D eigenvalue weighted by molar-refractivity contribution is -0.161. The Morgan fingerprint density at radius 1 is 1.00 bits per heavy atom. The van der Waals surface area contributed by atoms with E-state index in [9.17, 15) is 9.59 Å². The van der Waals surface area contributed by atoms with Gasteiger partial charge in [-0.1, -0.05) is 35.9 Å². The first-order valence-electron chi connectivity index (χ1n) is 11.9. The molecule has 1 aliphatic heterocycles. The molecule has 1 saturated heterocycles. The van der Waals surface area contributed by atoms with Crippen LogP contribution in [0, 0.1) is 19.3 Å². The molecule has 2 aromatic rings. The number of benzene rings is 2. The second kappa shape index (κ2) is 9.60. The molecule has 0 aromatic heterocycles. The fourth-order valence-corrected chi connectivity index (χ4v) is 5.87. The number of methoxy groups -OCH3 is 1. The molecule has 1 aliphatic carbocycles. The molecule has 0 bridgehead atoms. The van der Waals surface area contributed by atoms with Crippen molar-refractivity contribution in [2.75, 3.05) is 13.7 Å². The molecule has 176 valence electrons. The number of hydrogen-bond donors (Lipinski definition) is 0. The molecule has 4 nitrogen and oxygen atoms in total. The van der Waals surface area contributed by atoms with Crippen LogP contribution in [-0.2, 0) is 25.5 Å². The van der Waals surface area contributed by atoms with Crippen molar-refractivity contribution in [1.29, 1.82) is 0 Å². The standard InChI is InChI=1S/C28H33ClO4/c1-19-5-10-24(21-6-8-22(29)9-7-21)20(2)25(19)17-23(30)18-27(26(31)32-3)12-14-28(15-13-27)11-4-16-33-28/h5-10H,4,11-18H2,1-3H3. The molecule has 33 heavy (non-hydrogen) atoms. The number of halogens is 1. The predicted molar refractivity (Wildman–Crippen MR) is 131 cm³/mol. The Kier molecular flexibility index (Phi) is 6.97. The van der Waals surface area contributed by atoms with Crippen LogP contribution in [0.4, 0.5) is 0 Å². The summed E-state index contributed by atoms with van der Waals surface area (Å²) < 4.78 is 11.2. The van der Waals surface area contributed by atoms with Crippen LogP contribution in [0.25, 0.3) is 11.1 Å². The van der Waals surface area contributed by atoms with E-state index >= 15 is 0 Å². The van der Waals surface area contributed by atoms with Crippen molar-refractivity contribution in [2.24, 2.45) is 5.41 Å². The molecule has 1 heterocycles. The Balaban J connectivity index is 1.54. The van der Waals surface area contributed by atoms with Gasteiger partial charge < -0.3 is 9.47 Å². The molecule has 5 heteroatoms. The highest BCUT2D eigenvalue weighted by molar-refractivity contribution is 6.30. The largest absolute Gasteiger partial charge is 0.469 e. The number of hydrogen-bond acceptors (Lipinski definition) is 4. The monoisotopic (exact) mass is 468 g/mol. The Morgan fingerprint density at radius 2 is 1.70 bits per heavy atom. The van der Waals surface area contributed by atoms with Crippen LogP contribution in [0.3, 0.4) is 0 Å². The summed E-state index contributed by atoms with van der Waals surface area (Å²) in [4.78, 5) is 26.2. The molecule has 2 fully saturated rings. The normalized spacial score (nSPS) is 24.7. The summed E-state index contributed by atoms with van der Waals surface area (Å²) in [6, 6.07) is 11.9. The zero-order valence-electron chi connectivity index (χ0n) is 19.8. The maximum absolute atomic E-state index is 13.4. The number of Topliss-reactive ketones (excluding diaryl/α,β-unsaturated/α-hetero) is 1. The highest BCUT2D eigenvalue weighted by Gasteiger charge is 2.50. The molecule has 1 saturated carbocycles. The molecule has 0 amide bonds. The predicted octanol–water partition coefficient (Wildman–Crippen LogP) is 6.41. The van der Waals surface area contributed by atoms with E-state index < -0.39 is 5.41 Å². The third kappa shape index (κ3) is 4.88. The molecule has 2 aromatic carbocycles. The van der Waals surface area contributed by atoms with Gasteiger partial charge in [0.05, 0.1) is 18.1 Å². The molecule has 0 atom stereocenters. The van der Waals surface area contributed by atoms with Crippen LogP contribution >= 0.6 is 11.6 Å². The van der Waals surface area contributed by atoms with Crippen molar-refractivity contribution in [2.45, 2.75) is 70.8 Å². The maximum Gasteiger partial charge on any atom is 0.312 e. The molecule has 0 radical (unpaired) electrons. The summed E-state index contributed by atoms with van der Waals surface area (Å²) >= 11 is 6.06. The number of aryl methyl sites for hydroxylation is 1. The Morgan fingerprint density at radius 3 is 2.30 bits per heavy atom. The average Bonchev–Trinajstić information content (AvgIpc) is 3.27. The van der Waals surface area contributed by atoms with Crippen molar-refractivity contribution >= 4 is 23.4 Å². The fraction of sp³-hybridized carbons (Fsp3) is 0.500. The van der Waals surface area contributed by atoms with E-state index in [2.05, 4.69) is 19.1 Å². The topological polar surface area (TPSA) is 52.6 Å². The lowest BCUT2D eigenvalue weighted by Gasteiger charge is -2.42. The van der Waals surface area contributed by atoms with Gasteiger partial charge in [0, 0.05) is 24.5 Å². The number of ether oxygens (including phenoxy) is 2. The van der Waals surface area contributed by atoms with Crippen molar-refractivity contribution < 1.29 is 19.1 Å². The lowest BCUT2D eigenvalue weighted by atomic mass is 9.65. The van der Waals surface area contributed by atoms with Gasteiger partial charge >= 0.3 is 5.97 Å². The van der Waals surface area contributed by atoms with Gasteiger partial charge in [-0.05, 0) is 92.3 Å². The first kappa shape index (κ1) is 24.0. The zero-order valence-corrected chi connectivity index (χ0v) is 20.6. The van der Waals surface area contributed by atoms with E-state index in [0.717, 1.165) is 60.1 Å². The zero-order chi connectivity index (χ0) is 23.6. The minimum absolute atomic E-state index is 0.0862. The van der Waals surface area contributed by atoms with Gasteiger partial charge in [0.2, 0.25) is 0 Å². The molecule has 0 unspecified atom stereocenters. The van der Waals surface area contributed by atoms with Crippen LogP contribution in [0.15, 0.2) is 36.4 Å². The molecule has 0 N–H and O–H groups in total. The SMILES string of the molecule is COC(=O)C1(CC(=O)Cc2c(C)ccc(-c3ccc(Cl)cc3)c2C)CCC2(CCCO2)CC1. The van der Waals surface area contributed by atoms with Gasteiger partial charge in [-0.2, -0.15) is 0 Å². The van der Waals surface area contributed by atoms with E-state index in [1.165, 1.54) is 7.11 Å². The summed E-state index contributed by atoms with van der Waals surface area (Å²) in [5.41, 5.74) is 4.57. The second-order valence-corrected chi connectivity index (χ2v) is 10.3. The fourth-order valence-electron chi connectivity index (χ4n) is 5.75. The first-order chi connectivity index (χ1) is 15.8. The Labute approximate surface area is 201 Å². The molecular formula is C28H33ClO4. The van der Waals surface area contributed by atoms with Crippen molar-refractivity contribution in [3.63, 3.8) is 0 Å². The minimum Gasteiger partial charge on any atom is -0.469 e. The maximum atomic E-state index is 13.4. The third-order valence-corrected chi connectivity index (χ3v) is 8.07.